The summed E-state index contributed by atoms with van der Waals surface area (Å²) in [5.41, 5.74) is 0.385. The molecule has 1 atom stereocenters. The van der Waals surface area contributed by atoms with Crippen LogP contribution in [0.3, 0.4) is 0 Å². The predicted molar refractivity (Wildman–Crippen MR) is 153 cm³/mol. The van der Waals surface area contributed by atoms with E-state index in [0.717, 1.165) is 55.4 Å². The molecule has 0 saturated heterocycles. The molecule has 0 spiro atoms. The zero-order valence-corrected chi connectivity index (χ0v) is 23.8. The quantitative estimate of drug-likeness (QED) is 0.144. The molecule has 0 amide bonds. The summed E-state index contributed by atoms with van der Waals surface area (Å²) in [6.07, 6.45) is 3.26. The number of aryl methyl sites for hydroxylation is 2. The highest BCUT2D eigenvalue weighted by Gasteiger charge is 2.28. The number of nitrogens with zero attached hydrogens (tertiary/aromatic N) is 1. The molecule has 4 rings (SSSR count). The summed E-state index contributed by atoms with van der Waals surface area (Å²) in [5, 5.41) is 25.6. The van der Waals surface area contributed by atoms with Crippen LogP contribution < -0.4 is 14.8 Å². The van der Waals surface area contributed by atoms with E-state index >= 15 is 0 Å². The average molecular weight is 589 g/mol. The van der Waals surface area contributed by atoms with Gasteiger partial charge in [0.15, 0.2) is 0 Å². The topological polar surface area (TPSA) is 168 Å². The molecule has 3 aromatic carbocycles. The second-order valence-electron chi connectivity index (χ2n) is 10.00. The predicted octanol–water partition coefficient (Wildman–Crippen LogP) is 5.12. The van der Waals surface area contributed by atoms with E-state index in [9.17, 15) is 32.1 Å². The largest absolute Gasteiger partial charge is 0.374 e. The van der Waals surface area contributed by atoms with Crippen molar-refractivity contribution in [3.05, 3.63) is 81.9 Å². The number of sulfonamides is 2. The number of nitro benzene ring substituents is 1. The number of anilines is 3. The zero-order chi connectivity index (χ0) is 29.1. The Kier molecular flexibility index (Phi) is 8.66. The van der Waals surface area contributed by atoms with E-state index in [4.69, 9.17) is 0 Å². The Hall–Kier alpha value is -3.68. The fourth-order valence-corrected chi connectivity index (χ4v) is 6.73. The van der Waals surface area contributed by atoms with Gasteiger partial charge in [0.2, 0.25) is 0 Å². The van der Waals surface area contributed by atoms with Gasteiger partial charge in [0, 0.05) is 12.0 Å². The molecule has 13 heteroatoms. The molecule has 3 aromatic rings. The molecule has 40 heavy (non-hydrogen) atoms. The molecule has 1 fully saturated rings. The van der Waals surface area contributed by atoms with Crippen molar-refractivity contribution >= 4 is 42.8 Å². The Balaban J connectivity index is 1.78. The minimum atomic E-state index is -4.25. The molecule has 0 aromatic heterocycles. The number of nitrogens with one attached hydrogen (secondary N) is 3. The lowest BCUT2D eigenvalue weighted by molar-refractivity contribution is -0.383. The Bertz CT molecular complexity index is 1590. The first-order valence-corrected chi connectivity index (χ1v) is 15.8. The van der Waals surface area contributed by atoms with Crippen molar-refractivity contribution in [3.8, 4) is 0 Å². The van der Waals surface area contributed by atoms with E-state index in [-0.39, 0.29) is 32.8 Å². The molecule has 0 bridgehead atoms. The second kappa shape index (κ2) is 11.8. The number of nitro groups is 1. The van der Waals surface area contributed by atoms with Gasteiger partial charge in [-0.15, -0.1) is 0 Å². The van der Waals surface area contributed by atoms with Gasteiger partial charge in [0.25, 0.3) is 25.7 Å². The molecule has 1 unspecified atom stereocenters. The summed E-state index contributed by atoms with van der Waals surface area (Å²) in [4.78, 5) is 11.1. The first-order valence-electron chi connectivity index (χ1n) is 12.8. The van der Waals surface area contributed by atoms with E-state index in [1.807, 2.05) is 0 Å². The fraction of sp³-hybridized carbons (Fsp3) is 0.333. The van der Waals surface area contributed by atoms with Crippen molar-refractivity contribution in [1.82, 2.24) is 0 Å². The van der Waals surface area contributed by atoms with Gasteiger partial charge in [-0.1, -0.05) is 54.7 Å². The third kappa shape index (κ3) is 6.90. The van der Waals surface area contributed by atoms with Crippen molar-refractivity contribution in [2.45, 2.75) is 62.0 Å². The highest BCUT2D eigenvalue weighted by Crippen LogP contribution is 2.38. The van der Waals surface area contributed by atoms with Crippen LogP contribution >= 0.6 is 0 Å². The summed E-state index contributed by atoms with van der Waals surface area (Å²) in [7, 11) is -8.47. The maximum Gasteiger partial charge on any atom is 0.294 e. The smallest absolute Gasteiger partial charge is 0.294 e. The molecular formula is C27H32N4O7S2. The second-order valence-corrected chi connectivity index (χ2v) is 13.4. The highest BCUT2D eigenvalue weighted by molar-refractivity contribution is 7.93. The van der Waals surface area contributed by atoms with Crippen molar-refractivity contribution < 1.29 is 26.9 Å². The Morgan fingerprint density at radius 1 is 0.775 bits per heavy atom. The Morgan fingerprint density at radius 2 is 1.23 bits per heavy atom. The highest BCUT2D eigenvalue weighted by atomic mass is 32.2. The van der Waals surface area contributed by atoms with Crippen molar-refractivity contribution in [2.75, 3.05) is 14.8 Å². The minimum Gasteiger partial charge on any atom is -0.374 e. The van der Waals surface area contributed by atoms with Gasteiger partial charge < -0.3 is 10.4 Å². The molecule has 4 N–H and O–H groups in total. The lowest BCUT2D eigenvalue weighted by Gasteiger charge is -2.28. The van der Waals surface area contributed by atoms with Crippen molar-refractivity contribution in [2.24, 2.45) is 5.92 Å². The maximum absolute atomic E-state index is 13.2. The zero-order valence-electron chi connectivity index (χ0n) is 22.1. The standard InChI is InChI=1S/C27H32N4O7S2/c1-18-8-12-21(13-9-18)39(35,36)29-23-16-25(28-27(32)20-6-4-3-5-7-20)26(31(33)34)17-24(23)30-40(37,38)22-14-10-19(2)11-15-22/h8-17,20,27-30,32H,3-7H2,1-2H3. The van der Waals surface area contributed by atoms with Crippen LogP contribution in [0.5, 0.6) is 0 Å². The van der Waals surface area contributed by atoms with Crippen LogP contribution in [0, 0.1) is 29.9 Å². The number of hydrogen-bond acceptors (Lipinski definition) is 8. The van der Waals surface area contributed by atoms with E-state index in [0.29, 0.717) is 0 Å². The number of aliphatic hydroxyl groups is 1. The van der Waals surface area contributed by atoms with Crippen LogP contribution in [0.15, 0.2) is 70.5 Å². The Labute approximate surface area is 233 Å². The first kappa shape index (κ1) is 29.3. The van der Waals surface area contributed by atoms with Crippen molar-refractivity contribution in [3.63, 3.8) is 0 Å². The monoisotopic (exact) mass is 588 g/mol. The van der Waals surface area contributed by atoms with Gasteiger partial charge in [-0.3, -0.25) is 19.6 Å². The fourth-order valence-electron chi connectivity index (χ4n) is 4.59. The van der Waals surface area contributed by atoms with Crippen LogP contribution in [0.1, 0.15) is 43.2 Å². The number of benzene rings is 3. The summed E-state index contributed by atoms with van der Waals surface area (Å²) in [6.45, 7) is 3.59. The summed E-state index contributed by atoms with van der Waals surface area (Å²) < 4.78 is 57.5. The van der Waals surface area contributed by atoms with Gasteiger partial charge in [-0.2, -0.15) is 0 Å². The van der Waals surface area contributed by atoms with Gasteiger partial charge >= 0.3 is 0 Å². The van der Waals surface area contributed by atoms with Gasteiger partial charge in [0.1, 0.15) is 11.9 Å². The molecule has 1 aliphatic rings. The average Bonchev–Trinajstić information content (AvgIpc) is 2.90. The van der Waals surface area contributed by atoms with E-state index in [2.05, 4.69) is 14.8 Å². The molecule has 1 aliphatic carbocycles. The number of aliphatic hydroxyl groups excluding tert-OH is 1. The van der Waals surface area contributed by atoms with Crippen LogP contribution in [0.25, 0.3) is 0 Å². The normalized spacial score (nSPS) is 15.3. The molecule has 214 valence electrons. The summed E-state index contributed by atoms with van der Waals surface area (Å²) in [6, 6.07) is 14.0. The molecule has 1 saturated carbocycles. The molecular weight excluding hydrogens is 556 g/mol. The lowest BCUT2D eigenvalue weighted by atomic mass is 9.88. The van der Waals surface area contributed by atoms with E-state index in [1.54, 1.807) is 38.1 Å². The lowest BCUT2D eigenvalue weighted by Crippen LogP contribution is -2.30. The van der Waals surface area contributed by atoms with Crippen molar-refractivity contribution in [1.29, 1.82) is 0 Å². The molecule has 11 nitrogen and oxygen atoms in total. The summed E-state index contributed by atoms with van der Waals surface area (Å²) >= 11 is 0. The molecule has 0 heterocycles. The number of rotatable bonds is 10. The minimum absolute atomic E-state index is 0.0828. The SMILES string of the molecule is Cc1ccc(S(=O)(=O)Nc2cc(NC(O)C3CCCCC3)c([N+](=O)[O-])cc2NS(=O)(=O)c2ccc(C)cc2)cc1. The van der Waals surface area contributed by atoms with Gasteiger partial charge in [-0.25, -0.2) is 16.8 Å². The Morgan fingerprint density at radius 3 is 1.68 bits per heavy atom. The van der Waals surface area contributed by atoms with Gasteiger partial charge in [-0.05, 0) is 57.0 Å². The molecule has 0 aliphatic heterocycles. The van der Waals surface area contributed by atoms with Gasteiger partial charge in [0.05, 0.1) is 26.1 Å². The van der Waals surface area contributed by atoms with E-state index < -0.39 is 36.9 Å². The molecule has 0 radical (unpaired) electrons. The number of hydrogen-bond donors (Lipinski definition) is 4. The van der Waals surface area contributed by atoms with Crippen LogP contribution in [0.2, 0.25) is 0 Å². The van der Waals surface area contributed by atoms with Crippen LogP contribution in [-0.2, 0) is 20.0 Å². The third-order valence-electron chi connectivity index (χ3n) is 6.88. The van der Waals surface area contributed by atoms with Crippen LogP contribution in [-0.4, -0.2) is 33.1 Å². The van der Waals surface area contributed by atoms with Crippen LogP contribution in [0.4, 0.5) is 22.7 Å². The summed E-state index contributed by atoms with van der Waals surface area (Å²) in [5.74, 6) is -0.138. The maximum atomic E-state index is 13.2. The van der Waals surface area contributed by atoms with E-state index in [1.165, 1.54) is 24.3 Å². The first-order chi connectivity index (χ1) is 18.9. The third-order valence-corrected chi connectivity index (χ3v) is 9.65.